The highest BCUT2D eigenvalue weighted by atomic mass is 35.5. The van der Waals surface area contributed by atoms with Crippen LogP contribution in [0.25, 0.3) is 0 Å². The molecular formula is C19H21ClN2O3. The van der Waals surface area contributed by atoms with Gasteiger partial charge in [-0.3, -0.25) is 9.59 Å². The van der Waals surface area contributed by atoms with Gasteiger partial charge in [-0.15, -0.1) is 0 Å². The summed E-state index contributed by atoms with van der Waals surface area (Å²) in [6.07, 6.45) is 0.129. The van der Waals surface area contributed by atoms with E-state index in [0.717, 1.165) is 5.56 Å². The van der Waals surface area contributed by atoms with Crippen molar-refractivity contribution in [3.05, 3.63) is 70.7 Å². The van der Waals surface area contributed by atoms with Crippen LogP contribution in [0.5, 0.6) is 0 Å². The maximum absolute atomic E-state index is 12.5. The molecule has 0 saturated carbocycles. The fraction of sp³-hybridized carbons (Fsp3) is 0.263. The molecule has 0 spiro atoms. The van der Waals surface area contributed by atoms with Gasteiger partial charge in [0.25, 0.3) is 5.91 Å². The second-order valence-corrected chi connectivity index (χ2v) is 5.87. The minimum Gasteiger partial charge on any atom is -0.383 e. The summed E-state index contributed by atoms with van der Waals surface area (Å²) in [6, 6.07) is 15.7. The van der Waals surface area contributed by atoms with Crippen molar-refractivity contribution in [3.63, 3.8) is 0 Å². The van der Waals surface area contributed by atoms with E-state index in [1.807, 2.05) is 30.3 Å². The first kappa shape index (κ1) is 19.0. The van der Waals surface area contributed by atoms with E-state index in [-0.39, 0.29) is 18.2 Å². The van der Waals surface area contributed by atoms with Gasteiger partial charge in [-0.05, 0) is 17.7 Å². The van der Waals surface area contributed by atoms with Crippen molar-refractivity contribution in [1.82, 2.24) is 10.6 Å². The van der Waals surface area contributed by atoms with Crippen molar-refractivity contribution in [2.24, 2.45) is 0 Å². The Morgan fingerprint density at radius 1 is 1.08 bits per heavy atom. The van der Waals surface area contributed by atoms with Crippen molar-refractivity contribution in [2.75, 3.05) is 20.3 Å². The van der Waals surface area contributed by atoms with E-state index >= 15 is 0 Å². The van der Waals surface area contributed by atoms with Gasteiger partial charge in [-0.25, -0.2) is 0 Å². The minimum absolute atomic E-state index is 0.129. The number of hydrogen-bond acceptors (Lipinski definition) is 3. The number of benzene rings is 2. The molecule has 2 aromatic rings. The van der Waals surface area contributed by atoms with Gasteiger partial charge in [-0.2, -0.15) is 0 Å². The molecule has 132 valence electrons. The average molecular weight is 361 g/mol. The van der Waals surface area contributed by atoms with E-state index in [2.05, 4.69) is 10.6 Å². The van der Waals surface area contributed by atoms with Crippen LogP contribution in [0, 0.1) is 0 Å². The molecule has 2 amide bonds. The van der Waals surface area contributed by atoms with Crippen LogP contribution in [-0.4, -0.2) is 32.1 Å². The molecule has 25 heavy (non-hydrogen) atoms. The Labute approximate surface area is 152 Å². The molecule has 0 aromatic heterocycles. The van der Waals surface area contributed by atoms with E-state index < -0.39 is 6.04 Å². The largest absolute Gasteiger partial charge is 0.383 e. The predicted octanol–water partition coefficient (Wildman–Crippen LogP) is 2.96. The zero-order valence-corrected chi connectivity index (χ0v) is 14.8. The summed E-state index contributed by atoms with van der Waals surface area (Å²) in [7, 11) is 1.57. The lowest BCUT2D eigenvalue weighted by molar-refractivity contribution is -0.121. The monoisotopic (exact) mass is 360 g/mol. The summed E-state index contributed by atoms with van der Waals surface area (Å²) in [5.41, 5.74) is 1.23. The molecule has 0 heterocycles. The quantitative estimate of drug-likeness (QED) is 0.711. The van der Waals surface area contributed by atoms with Crippen LogP contribution in [0.3, 0.4) is 0 Å². The highest BCUT2D eigenvalue weighted by Crippen LogP contribution is 2.20. The SMILES string of the molecule is COCCNC(=O)CC(NC(=O)c1ccccc1Cl)c1ccccc1. The second kappa shape index (κ2) is 9.81. The van der Waals surface area contributed by atoms with E-state index in [1.165, 1.54) is 0 Å². The van der Waals surface area contributed by atoms with Crippen LogP contribution in [0.4, 0.5) is 0 Å². The predicted molar refractivity (Wildman–Crippen MR) is 97.6 cm³/mol. The van der Waals surface area contributed by atoms with Crippen LogP contribution in [-0.2, 0) is 9.53 Å². The Morgan fingerprint density at radius 2 is 1.76 bits per heavy atom. The lowest BCUT2D eigenvalue weighted by Crippen LogP contribution is -2.35. The third-order valence-electron chi connectivity index (χ3n) is 3.64. The number of ether oxygens (including phenoxy) is 1. The van der Waals surface area contributed by atoms with Crippen molar-refractivity contribution in [3.8, 4) is 0 Å². The van der Waals surface area contributed by atoms with Gasteiger partial charge in [0.15, 0.2) is 0 Å². The number of amides is 2. The molecule has 0 fully saturated rings. The number of halogens is 1. The normalized spacial score (nSPS) is 11.6. The molecule has 6 heteroatoms. The zero-order valence-electron chi connectivity index (χ0n) is 14.0. The molecule has 2 aromatic carbocycles. The van der Waals surface area contributed by atoms with Crippen molar-refractivity contribution in [1.29, 1.82) is 0 Å². The highest BCUT2D eigenvalue weighted by Gasteiger charge is 2.20. The van der Waals surface area contributed by atoms with Crippen molar-refractivity contribution < 1.29 is 14.3 Å². The molecule has 0 aliphatic carbocycles. The molecule has 0 saturated heterocycles. The average Bonchev–Trinajstić information content (AvgIpc) is 2.62. The lowest BCUT2D eigenvalue weighted by Gasteiger charge is -2.19. The van der Waals surface area contributed by atoms with Crippen molar-refractivity contribution in [2.45, 2.75) is 12.5 Å². The zero-order chi connectivity index (χ0) is 18.1. The van der Waals surface area contributed by atoms with Crippen LogP contribution in [0.1, 0.15) is 28.4 Å². The van der Waals surface area contributed by atoms with E-state index in [0.29, 0.717) is 23.7 Å². The van der Waals surface area contributed by atoms with Gasteiger partial charge in [0.2, 0.25) is 5.91 Å². The summed E-state index contributed by atoms with van der Waals surface area (Å²) in [5, 5.41) is 6.03. The number of rotatable bonds is 8. The Balaban J connectivity index is 2.11. The molecule has 2 N–H and O–H groups in total. The molecule has 1 atom stereocenters. The van der Waals surface area contributed by atoms with Crippen molar-refractivity contribution >= 4 is 23.4 Å². The minimum atomic E-state index is -0.451. The van der Waals surface area contributed by atoms with Gasteiger partial charge in [0.05, 0.1) is 29.7 Å². The van der Waals surface area contributed by atoms with Crippen LogP contribution in [0.2, 0.25) is 5.02 Å². The number of nitrogens with one attached hydrogen (secondary N) is 2. The smallest absolute Gasteiger partial charge is 0.253 e. The topological polar surface area (TPSA) is 67.4 Å². The van der Waals surface area contributed by atoms with E-state index in [1.54, 1.807) is 31.4 Å². The maximum Gasteiger partial charge on any atom is 0.253 e. The summed E-state index contributed by atoms with van der Waals surface area (Å²) in [4.78, 5) is 24.7. The fourth-order valence-corrected chi connectivity index (χ4v) is 2.59. The first-order valence-corrected chi connectivity index (χ1v) is 8.35. The van der Waals surface area contributed by atoms with Gasteiger partial charge in [0, 0.05) is 13.7 Å². The molecule has 2 rings (SSSR count). The molecule has 0 aliphatic heterocycles. The van der Waals surface area contributed by atoms with Crippen LogP contribution in [0.15, 0.2) is 54.6 Å². The molecule has 0 bridgehead atoms. The number of carbonyl (C=O) groups is 2. The number of hydrogen-bond donors (Lipinski definition) is 2. The summed E-state index contributed by atoms with van der Waals surface area (Å²) < 4.78 is 4.92. The third-order valence-corrected chi connectivity index (χ3v) is 3.97. The van der Waals surface area contributed by atoms with Crippen LogP contribution < -0.4 is 10.6 Å². The Kier molecular flexibility index (Phi) is 7.44. The molecule has 0 aliphatic rings. The Bertz CT molecular complexity index is 707. The molecular weight excluding hydrogens is 340 g/mol. The first-order chi connectivity index (χ1) is 12.1. The third kappa shape index (κ3) is 5.89. The first-order valence-electron chi connectivity index (χ1n) is 7.97. The van der Waals surface area contributed by atoms with Gasteiger partial charge < -0.3 is 15.4 Å². The standard InChI is InChI=1S/C19H21ClN2O3/c1-25-12-11-21-18(23)13-17(14-7-3-2-4-8-14)22-19(24)15-9-5-6-10-16(15)20/h2-10,17H,11-13H2,1H3,(H,21,23)(H,22,24). The van der Waals surface area contributed by atoms with Gasteiger partial charge in [-0.1, -0.05) is 54.1 Å². The highest BCUT2D eigenvalue weighted by molar-refractivity contribution is 6.33. The summed E-state index contributed by atoms with van der Waals surface area (Å²) in [6.45, 7) is 0.864. The van der Waals surface area contributed by atoms with E-state index in [4.69, 9.17) is 16.3 Å². The molecule has 1 unspecified atom stereocenters. The Hall–Kier alpha value is -2.37. The molecule has 0 radical (unpaired) electrons. The molecule has 5 nitrogen and oxygen atoms in total. The van der Waals surface area contributed by atoms with Crippen LogP contribution >= 0.6 is 11.6 Å². The number of carbonyl (C=O) groups excluding carboxylic acids is 2. The van der Waals surface area contributed by atoms with E-state index in [9.17, 15) is 9.59 Å². The number of methoxy groups -OCH3 is 1. The fourth-order valence-electron chi connectivity index (χ4n) is 2.37. The maximum atomic E-state index is 12.5. The lowest BCUT2D eigenvalue weighted by atomic mass is 10.0. The Morgan fingerprint density at radius 3 is 2.44 bits per heavy atom. The summed E-state index contributed by atoms with van der Waals surface area (Å²) >= 11 is 6.08. The van der Waals surface area contributed by atoms with Gasteiger partial charge in [0.1, 0.15) is 0 Å². The second-order valence-electron chi connectivity index (χ2n) is 5.46. The van der Waals surface area contributed by atoms with Gasteiger partial charge >= 0.3 is 0 Å². The summed E-state index contributed by atoms with van der Waals surface area (Å²) in [5.74, 6) is -0.477.